The van der Waals surface area contributed by atoms with E-state index in [2.05, 4.69) is 4.72 Å². The molecule has 1 aliphatic rings. The second kappa shape index (κ2) is 6.44. The number of ether oxygens (including phenoxy) is 1. The number of rotatable bonds is 5. The monoisotopic (exact) mass is 312 g/mol. The van der Waals surface area contributed by atoms with Crippen molar-refractivity contribution < 1.29 is 13.2 Å². The van der Waals surface area contributed by atoms with E-state index in [1.807, 2.05) is 38.1 Å². The Bertz CT molecular complexity index is 584. The van der Waals surface area contributed by atoms with E-state index < -0.39 is 10.0 Å². The van der Waals surface area contributed by atoms with E-state index in [9.17, 15) is 8.42 Å². The molecule has 0 aromatic heterocycles. The van der Waals surface area contributed by atoms with Crippen molar-refractivity contribution in [3.63, 3.8) is 0 Å². The number of nitrogens with two attached hydrogens (primary N) is 1. The van der Waals surface area contributed by atoms with Crippen LogP contribution >= 0.6 is 0 Å². The molecule has 21 heavy (non-hydrogen) atoms. The van der Waals surface area contributed by atoms with E-state index in [0.29, 0.717) is 26.0 Å². The van der Waals surface area contributed by atoms with Crippen molar-refractivity contribution in [1.82, 2.24) is 4.72 Å². The Hall–Kier alpha value is -0.950. The van der Waals surface area contributed by atoms with Gasteiger partial charge in [-0.15, -0.1) is 0 Å². The smallest absolute Gasteiger partial charge is 0.216 e. The number of nitrogens with one attached hydrogen (secondary N) is 1. The van der Waals surface area contributed by atoms with Crippen LogP contribution in [0.15, 0.2) is 24.3 Å². The van der Waals surface area contributed by atoms with Crippen LogP contribution < -0.4 is 10.5 Å². The van der Waals surface area contributed by atoms with Crippen LogP contribution in [0.5, 0.6) is 0 Å². The fraction of sp³-hybridized carbons (Fsp3) is 0.600. The van der Waals surface area contributed by atoms with Crippen molar-refractivity contribution >= 4 is 10.0 Å². The number of hydrogen-bond donors (Lipinski definition) is 2. The molecule has 0 radical (unpaired) electrons. The molecule has 0 bridgehead atoms. The summed E-state index contributed by atoms with van der Waals surface area (Å²) < 4.78 is 33.1. The Kier molecular flexibility index (Phi) is 5.03. The summed E-state index contributed by atoms with van der Waals surface area (Å²) in [5.74, 6) is -0.0296. The molecule has 1 unspecified atom stereocenters. The molecule has 1 heterocycles. The van der Waals surface area contributed by atoms with Gasteiger partial charge in [0.2, 0.25) is 10.0 Å². The summed E-state index contributed by atoms with van der Waals surface area (Å²) in [6.45, 7) is 4.89. The standard InChI is InChI=1S/C15H24N2O3S/c1-15(2)9-14(7-8-20-15)17-21(18,19)11-13-6-4-3-5-12(13)10-16/h3-6,14,17H,7-11,16H2,1-2H3. The molecule has 1 atom stereocenters. The highest BCUT2D eigenvalue weighted by Gasteiger charge is 2.31. The van der Waals surface area contributed by atoms with Gasteiger partial charge in [0, 0.05) is 19.2 Å². The Morgan fingerprint density at radius 3 is 2.62 bits per heavy atom. The third-order valence-electron chi connectivity index (χ3n) is 3.73. The van der Waals surface area contributed by atoms with Gasteiger partial charge < -0.3 is 10.5 Å². The van der Waals surface area contributed by atoms with Crippen LogP contribution in [0.2, 0.25) is 0 Å². The van der Waals surface area contributed by atoms with E-state index in [-0.39, 0.29) is 17.4 Å². The molecular formula is C15H24N2O3S. The average Bonchev–Trinajstić information content (AvgIpc) is 2.37. The molecule has 1 saturated heterocycles. The molecule has 1 aliphatic heterocycles. The average molecular weight is 312 g/mol. The van der Waals surface area contributed by atoms with E-state index in [0.717, 1.165) is 11.1 Å². The van der Waals surface area contributed by atoms with Crippen LogP contribution in [0.1, 0.15) is 37.8 Å². The van der Waals surface area contributed by atoms with Gasteiger partial charge >= 0.3 is 0 Å². The van der Waals surface area contributed by atoms with Crippen LogP contribution in [0.25, 0.3) is 0 Å². The third kappa shape index (κ3) is 4.78. The molecule has 5 nitrogen and oxygen atoms in total. The van der Waals surface area contributed by atoms with Crippen LogP contribution in [0, 0.1) is 0 Å². The normalized spacial score (nSPS) is 22.1. The topological polar surface area (TPSA) is 81.4 Å². The van der Waals surface area contributed by atoms with E-state index in [4.69, 9.17) is 10.5 Å². The molecule has 118 valence electrons. The molecule has 0 saturated carbocycles. The highest BCUT2D eigenvalue weighted by atomic mass is 32.2. The van der Waals surface area contributed by atoms with Crippen molar-refractivity contribution in [1.29, 1.82) is 0 Å². The van der Waals surface area contributed by atoms with E-state index in [1.165, 1.54) is 0 Å². The van der Waals surface area contributed by atoms with Gasteiger partial charge in [-0.1, -0.05) is 24.3 Å². The summed E-state index contributed by atoms with van der Waals surface area (Å²) in [5, 5.41) is 0. The third-order valence-corrected chi connectivity index (χ3v) is 5.11. The maximum atomic E-state index is 12.4. The molecule has 0 spiro atoms. The second-order valence-corrected chi connectivity index (χ2v) is 7.90. The lowest BCUT2D eigenvalue weighted by atomic mass is 9.95. The van der Waals surface area contributed by atoms with Crippen molar-refractivity contribution in [3.8, 4) is 0 Å². The lowest BCUT2D eigenvalue weighted by Gasteiger charge is -2.35. The fourth-order valence-electron chi connectivity index (χ4n) is 2.73. The number of benzene rings is 1. The summed E-state index contributed by atoms with van der Waals surface area (Å²) >= 11 is 0. The molecule has 0 aliphatic carbocycles. The zero-order valence-electron chi connectivity index (χ0n) is 12.6. The summed E-state index contributed by atoms with van der Waals surface area (Å²) in [4.78, 5) is 0. The molecule has 2 rings (SSSR count). The van der Waals surface area contributed by atoms with Gasteiger partial charge in [0.1, 0.15) is 0 Å². The molecule has 1 aromatic rings. The largest absolute Gasteiger partial charge is 0.375 e. The first-order valence-electron chi connectivity index (χ1n) is 7.22. The summed E-state index contributed by atoms with van der Waals surface area (Å²) in [6, 6.07) is 7.32. The van der Waals surface area contributed by atoms with Gasteiger partial charge in [0.25, 0.3) is 0 Å². The van der Waals surface area contributed by atoms with Gasteiger partial charge in [-0.2, -0.15) is 0 Å². The van der Waals surface area contributed by atoms with Crippen molar-refractivity contribution in [3.05, 3.63) is 35.4 Å². The Morgan fingerprint density at radius 1 is 1.33 bits per heavy atom. The molecule has 1 fully saturated rings. The molecule has 6 heteroatoms. The first-order chi connectivity index (χ1) is 9.81. The van der Waals surface area contributed by atoms with Gasteiger partial charge in [-0.05, 0) is 37.8 Å². The quantitative estimate of drug-likeness (QED) is 0.864. The number of hydrogen-bond acceptors (Lipinski definition) is 4. The van der Waals surface area contributed by atoms with Crippen LogP contribution in [0.4, 0.5) is 0 Å². The van der Waals surface area contributed by atoms with Crippen molar-refractivity contribution in [2.45, 2.75) is 50.6 Å². The van der Waals surface area contributed by atoms with Crippen molar-refractivity contribution in [2.75, 3.05) is 6.61 Å². The lowest BCUT2D eigenvalue weighted by molar-refractivity contribution is -0.0599. The van der Waals surface area contributed by atoms with Gasteiger partial charge in [-0.3, -0.25) is 0 Å². The minimum atomic E-state index is -3.38. The first kappa shape index (κ1) is 16.4. The lowest BCUT2D eigenvalue weighted by Crippen LogP contribution is -2.46. The minimum absolute atomic E-state index is 0.0296. The van der Waals surface area contributed by atoms with Crippen LogP contribution in [0.3, 0.4) is 0 Å². The van der Waals surface area contributed by atoms with Gasteiger partial charge in [0.15, 0.2) is 0 Å². The van der Waals surface area contributed by atoms with Gasteiger partial charge in [-0.25, -0.2) is 13.1 Å². The highest BCUT2D eigenvalue weighted by molar-refractivity contribution is 7.88. The molecule has 0 amide bonds. The second-order valence-electron chi connectivity index (χ2n) is 6.15. The Morgan fingerprint density at radius 2 is 2.00 bits per heavy atom. The first-order valence-corrected chi connectivity index (χ1v) is 8.87. The van der Waals surface area contributed by atoms with E-state index >= 15 is 0 Å². The predicted octanol–water partition coefficient (Wildman–Crippen LogP) is 1.52. The minimum Gasteiger partial charge on any atom is -0.375 e. The summed E-state index contributed by atoms with van der Waals surface area (Å²) in [5.41, 5.74) is 7.01. The van der Waals surface area contributed by atoms with Crippen LogP contribution in [-0.4, -0.2) is 26.7 Å². The highest BCUT2D eigenvalue weighted by Crippen LogP contribution is 2.24. The van der Waals surface area contributed by atoms with Gasteiger partial charge in [0.05, 0.1) is 11.4 Å². The molecule has 3 N–H and O–H groups in total. The predicted molar refractivity (Wildman–Crippen MR) is 83.1 cm³/mol. The maximum absolute atomic E-state index is 12.4. The van der Waals surface area contributed by atoms with E-state index in [1.54, 1.807) is 0 Å². The zero-order chi connectivity index (χ0) is 15.5. The summed E-state index contributed by atoms with van der Waals surface area (Å²) in [6.07, 6.45) is 1.39. The SMILES string of the molecule is CC1(C)CC(NS(=O)(=O)Cc2ccccc2CN)CCO1. The Balaban J connectivity index is 2.05. The van der Waals surface area contributed by atoms with Crippen molar-refractivity contribution in [2.24, 2.45) is 5.73 Å². The van der Waals surface area contributed by atoms with Crippen LogP contribution in [-0.2, 0) is 27.1 Å². The number of sulfonamides is 1. The maximum Gasteiger partial charge on any atom is 0.216 e. The molecular weight excluding hydrogens is 288 g/mol. The molecule has 1 aromatic carbocycles. The Labute approximate surface area is 126 Å². The fourth-order valence-corrected chi connectivity index (χ4v) is 4.21. The zero-order valence-corrected chi connectivity index (χ0v) is 13.4. The summed E-state index contributed by atoms with van der Waals surface area (Å²) in [7, 11) is -3.38.